The molecule has 2 aromatic heterocycles. The number of aromatic nitrogens is 3. The van der Waals surface area contributed by atoms with Crippen molar-refractivity contribution in [3.63, 3.8) is 0 Å². The molecule has 0 bridgehead atoms. The minimum atomic E-state index is -3.94. The number of hydrogen-bond acceptors (Lipinski definition) is 6. The van der Waals surface area contributed by atoms with Crippen LogP contribution in [0.4, 0.5) is 10.2 Å². The summed E-state index contributed by atoms with van der Waals surface area (Å²) < 4.78 is 42.7. The second kappa shape index (κ2) is 9.05. The van der Waals surface area contributed by atoms with Crippen molar-refractivity contribution in [1.29, 1.82) is 0 Å². The fraction of sp³-hybridized carbons (Fsp3) is 0.240. The molecule has 1 atom stereocenters. The topological polar surface area (TPSA) is 94.0 Å². The lowest BCUT2D eigenvalue weighted by atomic mass is 9.94. The van der Waals surface area contributed by atoms with E-state index in [9.17, 15) is 17.6 Å². The van der Waals surface area contributed by atoms with Crippen LogP contribution in [0, 0.1) is 12.7 Å². The molecule has 4 aromatic rings. The van der Waals surface area contributed by atoms with Crippen LogP contribution in [0.3, 0.4) is 0 Å². The first-order valence-electron chi connectivity index (χ1n) is 11.2. The van der Waals surface area contributed by atoms with Crippen LogP contribution in [-0.4, -0.2) is 34.2 Å². The van der Waals surface area contributed by atoms with Gasteiger partial charge in [0.15, 0.2) is 17.5 Å². The highest BCUT2D eigenvalue weighted by atomic mass is 35.5. The number of rotatable bonds is 5. The highest BCUT2D eigenvalue weighted by Crippen LogP contribution is 2.34. The number of aryl methyl sites for hydroxylation is 1. The minimum Gasteiger partial charge on any atom is -0.364 e. The lowest BCUT2D eigenvalue weighted by molar-refractivity contribution is -0.120. The summed E-state index contributed by atoms with van der Waals surface area (Å²) in [5.74, 6) is -0.413. The summed E-state index contributed by atoms with van der Waals surface area (Å²) in [5, 5.41) is 3.94. The molecule has 2 heterocycles. The Balaban J connectivity index is 1.62. The number of nitrogens with one attached hydrogen (secondary N) is 1. The zero-order valence-corrected chi connectivity index (χ0v) is 20.4. The molecule has 1 N–H and O–H groups in total. The van der Waals surface area contributed by atoms with Gasteiger partial charge in [0.2, 0.25) is 0 Å². The van der Waals surface area contributed by atoms with E-state index in [4.69, 9.17) is 11.6 Å². The number of carbonyl (C=O) groups excluding carboxylic acids is 1. The van der Waals surface area contributed by atoms with Gasteiger partial charge in [-0.2, -0.15) is 0 Å². The van der Waals surface area contributed by atoms with E-state index in [1.165, 1.54) is 6.20 Å². The summed E-state index contributed by atoms with van der Waals surface area (Å²) in [6.45, 7) is 1.88. The summed E-state index contributed by atoms with van der Waals surface area (Å²) in [5.41, 5.74) is 1.72. The maximum atomic E-state index is 14.6. The summed E-state index contributed by atoms with van der Waals surface area (Å²) in [6.07, 6.45) is 4.77. The molecule has 1 fully saturated rings. The number of hydrogen-bond donors (Lipinski definition) is 1. The van der Waals surface area contributed by atoms with Crippen LogP contribution >= 0.6 is 11.6 Å². The van der Waals surface area contributed by atoms with Crippen molar-refractivity contribution in [2.75, 3.05) is 5.32 Å². The van der Waals surface area contributed by atoms with E-state index in [0.717, 1.165) is 28.6 Å². The molecule has 0 aliphatic heterocycles. The zero-order valence-electron chi connectivity index (χ0n) is 18.8. The smallest absolute Gasteiger partial charge is 0.268 e. The Bertz CT molecular complexity index is 1550. The Morgan fingerprint density at radius 1 is 1.17 bits per heavy atom. The van der Waals surface area contributed by atoms with Crippen molar-refractivity contribution in [3.05, 3.63) is 71.3 Å². The highest BCUT2D eigenvalue weighted by molar-refractivity contribution is 7.90. The van der Waals surface area contributed by atoms with Crippen molar-refractivity contribution in [1.82, 2.24) is 13.9 Å². The average molecular weight is 513 g/mol. The van der Waals surface area contributed by atoms with Gasteiger partial charge in [-0.1, -0.05) is 29.3 Å². The molecule has 0 spiro atoms. The average Bonchev–Trinajstić information content (AvgIpc) is 3.20. The molecule has 2 aromatic carbocycles. The molecular weight excluding hydrogens is 491 g/mol. The lowest BCUT2D eigenvalue weighted by Gasteiger charge is -2.22. The summed E-state index contributed by atoms with van der Waals surface area (Å²) in [6, 6.07) is 11.2. The van der Waals surface area contributed by atoms with Crippen molar-refractivity contribution >= 4 is 44.1 Å². The van der Waals surface area contributed by atoms with Crippen molar-refractivity contribution in [3.8, 4) is 11.4 Å². The molecule has 180 valence electrons. The largest absolute Gasteiger partial charge is 0.364 e. The van der Waals surface area contributed by atoms with E-state index in [1.54, 1.807) is 42.5 Å². The van der Waals surface area contributed by atoms with E-state index in [2.05, 4.69) is 15.3 Å². The van der Waals surface area contributed by atoms with Gasteiger partial charge < -0.3 is 5.32 Å². The summed E-state index contributed by atoms with van der Waals surface area (Å²) >= 11 is 6.23. The number of anilines is 1. The number of benzene rings is 2. The predicted molar refractivity (Wildman–Crippen MR) is 133 cm³/mol. The van der Waals surface area contributed by atoms with Crippen molar-refractivity contribution < 1.29 is 17.6 Å². The number of halogens is 2. The van der Waals surface area contributed by atoms with Gasteiger partial charge in [0, 0.05) is 41.1 Å². The summed E-state index contributed by atoms with van der Waals surface area (Å²) in [7, 11) is -3.94. The number of Topliss-reactive ketones (excluding diaryl/α,β-unsaturated/α-hetero) is 1. The van der Waals surface area contributed by atoms with E-state index in [-0.39, 0.29) is 28.4 Å². The fourth-order valence-corrected chi connectivity index (χ4v) is 5.85. The number of ketones is 1. The van der Waals surface area contributed by atoms with Gasteiger partial charge in [0.1, 0.15) is 5.78 Å². The molecule has 0 saturated heterocycles. The van der Waals surface area contributed by atoms with Crippen molar-refractivity contribution in [2.24, 2.45) is 0 Å². The van der Waals surface area contributed by atoms with E-state index >= 15 is 0 Å². The van der Waals surface area contributed by atoms with Crippen LogP contribution in [0.25, 0.3) is 22.3 Å². The third-order valence-electron chi connectivity index (χ3n) is 6.12. The Morgan fingerprint density at radius 2 is 1.94 bits per heavy atom. The van der Waals surface area contributed by atoms with Crippen LogP contribution in [0.5, 0.6) is 0 Å². The monoisotopic (exact) mass is 512 g/mol. The maximum absolute atomic E-state index is 14.6. The van der Waals surface area contributed by atoms with E-state index in [1.807, 2.05) is 6.92 Å². The molecule has 35 heavy (non-hydrogen) atoms. The number of fused-ring (bicyclic) bond motifs is 1. The van der Waals surface area contributed by atoms with Gasteiger partial charge in [0.05, 0.1) is 16.6 Å². The van der Waals surface area contributed by atoms with Gasteiger partial charge in [-0.25, -0.2) is 26.7 Å². The molecule has 5 rings (SSSR count). The van der Waals surface area contributed by atoms with Crippen LogP contribution in [-0.2, 0) is 14.8 Å². The van der Waals surface area contributed by atoms with Gasteiger partial charge in [-0.15, -0.1) is 0 Å². The van der Waals surface area contributed by atoms with Gasteiger partial charge in [-0.05, 0) is 50.1 Å². The van der Waals surface area contributed by atoms with E-state index in [0.29, 0.717) is 34.3 Å². The minimum absolute atomic E-state index is 0.0287. The van der Waals surface area contributed by atoms with Crippen LogP contribution < -0.4 is 5.32 Å². The van der Waals surface area contributed by atoms with Gasteiger partial charge in [0.25, 0.3) is 10.0 Å². The highest BCUT2D eigenvalue weighted by Gasteiger charge is 2.25. The Hall–Kier alpha value is -3.30. The van der Waals surface area contributed by atoms with E-state index < -0.39 is 15.8 Å². The third kappa shape index (κ3) is 4.53. The molecule has 0 amide bonds. The number of carbonyl (C=O) groups is 1. The first-order valence-corrected chi connectivity index (χ1v) is 13.0. The Labute approximate surface area is 207 Å². The van der Waals surface area contributed by atoms with Gasteiger partial charge in [-0.3, -0.25) is 4.79 Å². The normalized spacial score (nSPS) is 16.5. The van der Waals surface area contributed by atoms with Gasteiger partial charge >= 0.3 is 0 Å². The number of nitrogens with zero attached hydrogens (tertiary/aromatic N) is 3. The zero-order chi connectivity index (χ0) is 24.7. The SMILES string of the molecule is Cc1ccc(S(=O)(=O)n2cc(-c3ncc(F)c(NC4CCCC(=O)C4)n3)c3cc(Cl)ccc32)cc1. The standard InChI is InChI=1S/C25H22ClFN4O3S/c1-15-5-8-19(9-6-15)35(33,34)31-14-21(20-11-16(26)7-10-23(20)31)24-28-13-22(27)25(30-24)29-17-3-2-4-18(32)12-17/h5-11,13-14,17H,2-4,12H2,1H3,(H,28,29,30). The summed E-state index contributed by atoms with van der Waals surface area (Å²) in [4.78, 5) is 20.4. The van der Waals surface area contributed by atoms with Crippen LogP contribution in [0.15, 0.2) is 59.8 Å². The Morgan fingerprint density at radius 3 is 2.69 bits per heavy atom. The molecule has 1 aliphatic carbocycles. The lowest BCUT2D eigenvalue weighted by Crippen LogP contribution is -2.28. The van der Waals surface area contributed by atoms with Crippen LogP contribution in [0.1, 0.15) is 31.2 Å². The fourth-order valence-electron chi connectivity index (χ4n) is 4.31. The molecule has 7 nitrogen and oxygen atoms in total. The molecule has 1 aliphatic rings. The van der Waals surface area contributed by atoms with Crippen LogP contribution in [0.2, 0.25) is 5.02 Å². The second-order valence-electron chi connectivity index (χ2n) is 8.68. The Kier molecular flexibility index (Phi) is 6.06. The molecular formula is C25H22ClFN4O3S. The molecule has 10 heteroatoms. The molecule has 0 radical (unpaired) electrons. The third-order valence-corrected chi connectivity index (χ3v) is 8.04. The molecule has 1 unspecified atom stereocenters. The second-order valence-corrected chi connectivity index (χ2v) is 10.9. The quantitative estimate of drug-likeness (QED) is 0.387. The maximum Gasteiger partial charge on any atom is 0.268 e. The first kappa shape index (κ1) is 23.4. The molecule has 1 saturated carbocycles. The van der Waals surface area contributed by atoms with Crippen molar-refractivity contribution in [2.45, 2.75) is 43.5 Å². The predicted octanol–water partition coefficient (Wildman–Crippen LogP) is 5.36. The first-order chi connectivity index (χ1) is 16.7.